The van der Waals surface area contributed by atoms with E-state index in [1.54, 1.807) is 0 Å². The standard InChI is InChI=1S/C18H29N3/c1-15-7-8-17(11-15)20-18(13-19)9-10-21(14-18)12-16-5-3-2-4-6-16/h2-6,15,17,20H,7-14,19H2,1H3. The summed E-state index contributed by atoms with van der Waals surface area (Å²) < 4.78 is 0. The smallest absolute Gasteiger partial charge is 0.0447 e. The third kappa shape index (κ3) is 3.65. The first kappa shape index (κ1) is 15.0. The molecule has 3 N–H and O–H groups in total. The van der Waals surface area contributed by atoms with E-state index in [0.29, 0.717) is 6.04 Å². The maximum absolute atomic E-state index is 6.15. The van der Waals surface area contributed by atoms with Gasteiger partial charge in [-0.15, -0.1) is 0 Å². The second-order valence-electron chi connectivity index (χ2n) is 7.19. The third-order valence-electron chi connectivity index (χ3n) is 5.28. The molecule has 116 valence electrons. The number of hydrogen-bond acceptors (Lipinski definition) is 3. The van der Waals surface area contributed by atoms with E-state index in [9.17, 15) is 0 Å². The molecule has 0 aromatic heterocycles. The molecule has 1 saturated heterocycles. The van der Waals surface area contributed by atoms with Crippen LogP contribution >= 0.6 is 0 Å². The van der Waals surface area contributed by atoms with Gasteiger partial charge in [0.1, 0.15) is 0 Å². The first-order valence-corrected chi connectivity index (χ1v) is 8.43. The average molecular weight is 287 g/mol. The van der Waals surface area contributed by atoms with Gasteiger partial charge in [-0.1, -0.05) is 37.3 Å². The molecule has 0 amide bonds. The molecule has 2 fully saturated rings. The summed E-state index contributed by atoms with van der Waals surface area (Å²) in [6.45, 7) is 6.41. The van der Waals surface area contributed by atoms with Crippen molar-refractivity contribution in [2.24, 2.45) is 11.7 Å². The van der Waals surface area contributed by atoms with Crippen molar-refractivity contribution in [2.75, 3.05) is 19.6 Å². The summed E-state index contributed by atoms with van der Waals surface area (Å²) in [5, 5.41) is 3.92. The highest BCUT2D eigenvalue weighted by Gasteiger charge is 2.39. The molecular formula is C18H29N3. The Hall–Kier alpha value is -0.900. The maximum Gasteiger partial charge on any atom is 0.0447 e. The monoisotopic (exact) mass is 287 g/mol. The van der Waals surface area contributed by atoms with Crippen LogP contribution in [0.5, 0.6) is 0 Å². The van der Waals surface area contributed by atoms with Gasteiger partial charge in [-0.2, -0.15) is 0 Å². The SMILES string of the molecule is CC1CCC(NC2(CN)CCN(Cc3ccccc3)C2)C1. The Balaban J connectivity index is 1.57. The highest BCUT2D eigenvalue weighted by atomic mass is 15.2. The molecule has 1 heterocycles. The normalized spacial score (nSPS) is 33.6. The molecule has 0 radical (unpaired) electrons. The van der Waals surface area contributed by atoms with Crippen LogP contribution in [0.4, 0.5) is 0 Å². The van der Waals surface area contributed by atoms with Crippen LogP contribution in [-0.4, -0.2) is 36.1 Å². The van der Waals surface area contributed by atoms with Crippen molar-refractivity contribution in [3.63, 3.8) is 0 Å². The predicted molar refractivity (Wildman–Crippen MR) is 88.1 cm³/mol. The molecule has 2 aliphatic rings. The molecule has 3 unspecified atom stereocenters. The zero-order valence-corrected chi connectivity index (χ0v) is 13.2. The van der Waals surface area contributed by atoms with E-state index in [1.165, 1.54) is 31.2 Å². The van der Waals surface area contributed by atoms with Crippen molar-refractivity contribution in [1.82, 2.24) is 10.2 Å². The lowest BCUT2D eigenvalue weighted by atomic mass is 9.96. The maximum atomic E-state index is 6.15. The predicted octanol–water partition coefficient (Wildman–Crippen LogP) is 2.37. The zero-order chi connectivity index (χ0) is 14.7. The van der Waals surface area contributed by atoms with E-state index in [-0.39, 0.29) is 5.54 Å². The molecule has 0 spiro atoms. The van der Waals surface area contributed by atoms with Gasteiger partial charge in [0.2, 0.25) is 0 Å². The largest absolute Gasteiger partial charge is 0.329 e. The van der Waals surface area contributed by atoms with Gasteiger partial charge in [-0.05, 0) is 37.2 Å². The third-order valence-corrected chi connectivity index (χ3v) is 5.28. The first-order chi connectivity index (χ1) is 10.2. The minimum Gasteiger partial charge on any atom is -0.329 e. The Morgan fingerprint density at radius 2 is 2.10 bits per heavy atom. The number of rotatable bonds is 5. The lowest BCUT2D eigenvalue weighted by Gasteiger charge is -2.33. The van der Waals surface area contributed by atoms with Crippen LogP contribution in [-0.2, 0) is 6.54 Å². The van der Waals surface area contributed by atoms with Gasteiger partial charge in [0.15, 0.2) is 0 Å². The molecule has 0 bridgehead atoms. The van der Waals surface area contributed by atoms with Crippen LogP contribution in [0.1, 0.15) is 38.2 Å². The first-order valence-electron chi connectivity index (χ1n) is 8.43. The molecule has 3 rings (SSSR count). The fourth-order valence-electron chi connectivity index (χ4n) is 4.05. The number of hydrogen-bond donors (Lipinski definition) is 2. The van der Waals surface area contributed by atoms with E-state index in [2.05, 4.69) is 47.5 Å². The molecule has 1 aromatic carbocycles. The molecule has 1 saturated carbocycles. The van der Waals surface area contributed by atoms with Crippen molar-refractivity contribution in [2.45, 2.75) is 50.7 Å². The molecule has 1 aromatic rings. The lowest BCUT2D eigenvalue weighted by molar-refractivity contribution is 0.257. The average Bonchev–Trinajstić information content (AvgIpc) is 3.08. The van der Waals surface area contributed by atoms with E-state index >= 15 is 0 Å². The van der Waals surface area contributed by atoms with Gasteiger partial charge >= 0.3 is 0 Å². The van der Waals surface area contributed by atoms with Gasteiger partial charge in [0.25, 0.3) is 0 Å². The Labute approximate surface area is 128 Å². The Bertz CT molecular complexity index is 447. The molecule has 3 atom stereocenters. The van der Waals surface area contributed by atoms with Gasteiger partial charge in [0.05, 0.1) is 0 Å². The highest BCUT2D eigenvalue weighted by Crippen LogP contribution is 2.29. The zero-order valence-electron chi connectivity index (χ0n) is 13.2. The van der Waals surface area contributed by atoms with E-state index < -0.39 is 0 Å². The summed E-state index contributed by atoms with van der Waals surface area (Å²) in [6.07, 6.45) is 5.19. The summed E-state index contributed by atoms with van der Waals surface area (Å²) in [4.78, 5) is 2.55. The number of likely N-dealkylation sites (tertiary alicyclic amines) is 1. The summed E-state index contributed by atoms with van der Waals surface area (Å²) in [5.74, 6) is 0.874. The molecule has 3 nitrogen and oxygen atoms in total. The summed E-state index contributed by atoms with van der Waals surface area (Å²) in [7, 11) is 0. The number of nitrogens with zero attached hydrogens (tertiary/aromatic N) is 1. The molecule has 3 heteroatoms. The summed E-state index contributed by atoms with van der Waals surface area (Å²) in [6, 6.07) is 11.4. The molecular weight excluding hydrogens is 258 g/mol. The minimum absolute atomic E-state index is 0.142. The number of benzene rings is 1. The molecule has 1 aliphatic heterocycles. The Kier molecular flexibility index (Phi) is 4.63. The van der Waals surface area contributed by atoms with Gasteiger partial charge in [-0.3, -0.25) is 4.90 Å². The van der Waals surface area contributed by atoms with Gasteiger partial charge in [-0.25, -0.2) is 0 Å². The fourth-order valence-corrected chi connectivity index (χ4v) is 4.05. The van der Waals surface area contributed by atoms with Crippen LogP contribution in [0.25, 0.3) is 0 Å². The highest BCUT2D eigenvalue weighted by molar-refractivity contribution is 5.15. The van der Waals surface area contributed by atoms with Crippen molar-refractivity contribution in [1.29, 1.82) is 0 Å². The van der Waals surface area contributed by atoms with Crippen LogP contribution in [0.2, 0.25) is 0 Å². The Morgan fingerprint density at radius 3 is 2.76 bits per heavy atom. The lowest BCUT2D eigenvalue weighted by Crippen LogP contribution is -2.56. The van der Waals surface area contributed by atoms with E-state index in [4.69, 9.17) is 5.73 Å². The van der Waals surface area contributed by atoms with Crippen LogP contribution in [0, 0.1) is 5.92 Å². The number of nitrogens with two attached hydrogens (primary N) is 1. The van der Waals surface area contributed by atoms with E-state index in [1.807, 2.05) is 0 Å². The topological polar surface area (TPSA) is 41.3 Å². The second kappa shape index (κ2) is 6.47. The van der Waals surface area contributed by atoms with Crippen molar-refractivity contribution >= 4 is 0 Å². The molecule has 1 aliphatic carbocycles. The van der Waals surface area contributed by atoms with Crippen molar-refractivity contribution < 1.29 is 0 Å². The van der Waals surface area contributed by atoms with Crippen LogP contribution in [0.3, 0.4) is 0 Å². The van der Waals surface area contributed by atoms with Crippen LogP contribution in [0.15, 0.2) is 30.3 Å². The molecule has 21 heavy (non-hydrogen) atoms. The van der Waals surface area contributed by atoms with Gasteiger partial charge < -0.3 is 11.1 Å². The Morgan fingerprint density at radius 1 is 1.29 bits per heavy atom. The van der Waals surface area contributed by atoms with Crippen LogP contribution < -0.4 is 11.1 Å². The second-order valence-corrected chi connectivity index (χ2v) is 7.19. The summed E-state index contributed by atoms with van der Waals surface area (Å²) >= 11 is 0. The quantitative estimate of drug-likeness (QED) is 0.873. The van der Waals surface area contributed by atoms with Crippen molar-refractivity contribution in [3.8, 4) is 0 Å². The summed E-state index contributed by atoms with van der Waals surface area (Å²) in [5.41, 5.74) is 7.69. The minimum atomic E-state index is 0.142. The van der Waals surface area contributed by atoms with Gasteiger partial charge in [0, 0.05) is 37.8 Å². The van der Waals surface area contributed by atoms with E-state index in [0.717, 1.165) is 32.1 Å². The fraction of sp³-hybridized carbons (Fsp3) is 0.667. The number of nitrogens with one attached hydrogen (secondary N) is 1. The van der Waals surface area contributed by atoms with Crippen molar-refractivity contribution in [3.05, 3.63) is 35.9 Å².